The molecule has 2 aromatic rings. The van der Waals surface area contributed by atoms with Crippen LogP contribution in [0, 0.1) is 5.41 Å². The van der Waals surface area contributed by atoms with Gasteiger partial charge in [0.15, 0.2) is 5.78 Å². The predicted octanol–water partition coefficient (Wildman–Crippen LogP) is 3.89. The molecule has 3 fully saturated rings. The van der Waals surface area contributed by atoms with Gasteiger partial charge < -0.3 is 14.2 Å². The fourth-order valence-electron chi connectivity index (χ4n) is 6.53. The number of Topliss-reactive ketones (excluding diaryl/α,β-unsaturated/α-hetero) is 1. The fraction of sp³-hybridized carbons (Fsp3) is 0.429. The van der Waals surface area contributed by atoms with Crippen LogP contribution in [0.3, 0.4) is 0 Å². The van der Waals surface area contributed by atoms with Crippen molar-refractivity contribution in [3.05, 3.63) is 65.2 Å². The largest absolute Gasteiger partial charge is 0.497 e. The van der Waals surface area contributed by atoms with E-state index >= 15 is 0 Å². The van der Waals surface area contributed by atoms with Crippen molar-refractivity contribution in [2.45, 2.75) is 62.8 Å². The molecule has 186 valence electrons. The number of hydrazone groups is 1. The zero-order valence-corrected chi connectivity index (χ0v) is 20.3. The Bertz CT molecular complexity index is 1240. The number of rotatable bonds is 3. The van der Waals surface area contributed by atoms with Gasteiger partial charge in [0.1, 0.15) is 17.8 Å². The third-order valence-electron chi connectivity index (χ3n) is 8.15. The molecule has 1 aliphatic carbocycles. The summed E-state index contributed by atoms with van der Waals surface area (Å²) in [5.41, 5.74) is 0.366. The number of methoxy groups -OCH3 is 1. The van der Waals surface area contributed by atoms with Crippen LogP contribution in [0.1, 0.15) is 67.7 Å². The number of hydrogen-bond donors (Lipinski definition) is 0. The van der Waals surface area contributed by atoms with Gasteiger partial charge in [-0.25, -0.2) is 0 Å². The highest BCUT2D eigenvalue weighted by atomic mass is 16.7. The Labute approximate surface area is 209 Å². The van der Waals surface area contributed by atoms with Crippen molar-refractivity contribution in [3.63, 3.8) is 0 Å². The van der Waals surface area contributed by atoms with E-state index < -0.39 is 41.1 Å². The van der Waals surface area contributed by atoms with Crippen LogP contribution in [0.5, 0.6) is 5.75 Å². The highest BCUT2D eigenvalue weighted by molar-refractivity contribution is 6.07. The molecule has 2 spiro atoms. The van der Waals surface area contributed by atoms with Gasteiger partial charge in [-0.15, -0.1) is 0 Å². The number of nitrogens with zero attached hydrogens (tertiary/aromatic N) is 2. The summed E-state index contributed by atoms with van der Waals surface area (Å²) in [6, 6.07) is 12.9. The Hall–Kier alpha value is -3.68. The molecule has 8 nitrogen and oxygen atoms in total. The summed E-state index contributed by atoms with van der Waals surface area (Å²) >= 11 is 0. The molecular weight excluding hydrogens is 460 g/mol. The number of carbonyl (C=O) groups excluding carboxylic acids is 3. The third-order valence-corrected chi connectivity index (χ3v) is 8.15. The van der Waals surface area contributed by atoms with Crippen LogP contribution in [-0.2, 0) is 23.9 Å². The molecule has 1 saturated carbocycles. The molecule has 3 aliphatic heterocycles. The Balaban J connectivity index is 1.58. The maximum Gasteiger partial charge on any atom is 0.330 e. The second-order valence-electron chi connectivity index (χ2n) is 10.1. The second-order valence-corrected chi connectivity index (χ2v) is 10.1. The lowest BCUT2D eigenvalue weighted by atomic mass is 9.65. The van der Waals surface area contributed by atoms with Crippen molar-refractivity contribution in [3.8, 4) is 5.75 Å². The summed E-state index contributed by atoms with van der Waals surface area (Å²) < 4.78 is 17.5. The summed E-state index contributed by atoms with van der Waals surface area (Å²) in [4.78, 5) is 41.8. The summed E-state index contributed by atoms with van der Waals surface area (Å²) in [6.45, 7) is 1.47. The van der Waals surface area contributed by atoms with E-state index in [1.807, 2.05) is 24.3 Å². The lowest BCUT2D eigenvalue weighted by Crippen LogP contribution is -2.60. The van der Waals surface area contributed by atoms with E-state index in [0.29, 0.717) is 24.2 Å². The first kappa shape index (κ1) is 22.8. The molecule has 3 unspecified atom stereocenters. The van der Waals surface area contributed by atoms with Crippen LogP contribution < -0.4 is 4.74 Å². The minimum atomic E-state index is -1.80. The normalized spacial score (nSPS) is 27.3. The molecule has 36 heavy (non-hydrogen) atoms. The van der Waals surface area contributed by atoms with Crippen molar-refractivity contribution >= 4 is 23.9 Å². The molecular formula is C28H28N2O6. The molecule has 0 aromatic heterocycles. The van der Waals surface area contributed by atoms with Crippen LogP contribution in [0.2, 0.25) is 0 Å². The molecule has 8 heteroatoms. The van der Waals surface area contributed by atoms with Crippen molar-refractivity contribution in [1.82, 2.24) is 5.01 Å². The first-order valence-electron chi connectivity index (χ1n) is 12.4. The van der Waals surface area contributed by atoms with Gasteiger partial charge in [0.25, 0.3) is 5.79 Å². The van der Waals surface area contributed by atoms with E-state index in [-0.39, 0.29) is 5.78 Å². The van der Waals surface area contributed by atoms with E-state index in [1.165, 1.54) is 6.92 Å². The van der Waals surface area contributed by atoms with Gasteiger partial charge >= 0.3 is 11.9 Å². The summed E-state index contributed by atoms with van der Waals surface area (Å²) in [7, 11) is 1.57. The Morgan fingerprint density at radius 1 is 1.00 bits per heavy atom. The Kier molecular flexibility index (Phi) is 5.17. The minimum Gasteiger partial charge on any atom is -0.497 e. The van der Waals surface area contributed by atoms with Crippen molar-refractivity contribution < 1.29 is 28.6 Å². The van der Waals surface area contributed by atoms with Gasteiger partial charge in [0, 0.05) is 18.8 Å². The standard InChI is InChI=1S/C28H28N2O6/c1-17(31)23-22(18-10-12-20(34-2)13-11-18)28(24-21-9-5-4-8-19(21)16-29-30(23)24)25(32)35-27(36-26(28)33)14-6-3-7-15-27/h4-5,8-13,16,22-24H,3,6-7,14-15H2,1-2H3. The SMILES string of the molecule is COc1ccc(C2C(C(C)=O)N3N=Cc4ccccc4C3C23C(=O)OC2(CCCCC2)OC3=O)cc1. The number of hydrogen-bond acceptors (Lipinski definition) is 8. The molecule has 0 radical (unpaired) electrons. The van der Waals surface area contributed by atoms with E-state index in [4.69, 9.17) is 14.2 Å². The van der Waals surface area contributed by atoms with Crippen molar-refractivity contribution in [1.29, 1.82) is 0 Å². The molecule has 6 rings (SSSR count). The number of esters is 2. The van der Waals surface area contributed by atoms with Crippen molar-refractivity contribution in [2.24, 2.45) is 10.5 Å². The summed E-state index contributed by atoms with van der Waals surface area (Å²) in [5, 5.41) is 6.23. The van der Waals surface area contributed by atoms with Crippen LogP contribution in [0.25, 0.3) is 0 Å². The van der Waals surface area contributed by atoms with E-state index in [0.717, 1.165) is 30.4 Å². The molecule has 3 heterocycles. The van der Waals surface area contributed by atoms with E-state index in [2.05, 4.69) is 5.10 Å². The van der Waals surface area contributed by atoms with Gasteiger partial charge in [0.2, 0.25) is 5.41 Å². The zero-order chi connectivity index (χ0) is 25.1. The lowest BCUT2D eigenvalue weighted by Gasteiger charge is -2.47. The quantitative estimate of drug-likeness (QED) is 0.478. The molecule has 4 aliphatic rings. The van der Waals surface area contributed by atoms with Crippen LogP contribution in [0.15, 0.2) is 53.6 Å². The monoisotopic (exact) mass is 488 g/mol. The number of carbonyl (C=O) groups is 3. The van der Waals surface area contributed by atoms with Crippen LogP contribution in [-0.4, -0.2) is 47.9 Å². The minimum absolute atomic E-state index is 0.201. The average molecular weight is 489 g/mol. The smallest absolute Gasteiger partial charge is 0.330 e. The number of ketones is 1. The number of fused-ring (bicyclic) bond motifs is 4. The van der Waals surface area contributed by atoms with Gasteiger partial charge in [-0.1, -0.05) is 42.8 Å². The topological polar surface area (TPSA) is 94.5 Å². The predicted molar refractivity (Wildman–Crippen MR) is 129 cm³/mol. The summed E-state index contributed by atoms with van der Waals surface area (Å²) in [6.07, 6.45) is 5.26. The Morgan fingerprint density at radius 2 is 1.67 bits per heavy atom. The summed E-state index contributed by atoms with van der Waals surface area (Å²) in [5.74, 6) is -2.97. The molecule has 3 atom stereocenters. The van der Waals surface area contributed by atoms with Gasteiger partial charge in [-0.05, 0) is 48.6 Å². The molecule has 0 N–H and O–H groups in total. The highest BCUT2D eigenvalue weighted by Crippen LogP contribution is 2.63. The van der Waals surface area contributed by atoms with E-state index in [1.54, 1.807) is 42.6 Å². The first-order valence-corrected chi connectivity index (χ1v) is 12.4. The second kappa shape index (κ2) is 8.18. The highest BCUT2D eigenvalue weighted by Gasteiger charge is 2.75. The Morgan fingerprint density at radius 3 is 2.31 bits per heavy atom. The van der Waals surface area contributed by atoms with Gasteiger partial charge in [-0.3, -0.25) is 19.4 Å². The zero-order valence-electron chi connectivity index (χ0n) is 20.3. The van der Waals surface area contributed by atoms with Gasteiger partial charge in [0.05, 0.1) is 13.3 Å². The first-order chi connectivity index (χ1) is 17.4. The number of benzene rings is 2. The molecule has 0 amide bonds. The maximum absolute atomic E-state index is 14.3. The number of ether oxygens (including phenoxy) is 3. The fourth-order valence-corrected chi connectivity index (χ4v) is 6.53. The van der Waals surface area contributed by atoms with E-state index in [9.17, 15) is 14.4 Å². The molecule has 0 bridgehead atoms. The van der Waals surface area contributed by atoms with Crippen LogP contribution in [0.4, 0.5) is 0 Å². The molecule has 2 saturated heterocycles. The van der Waals surface area contributed by atoms with Gasteiger partial charge in [-0.2, -0.15) is 5.10 Å². The van der Waals surface area contributed by atoms with Crippen molar-refractivity contribution in [2.75, 3.05) is 7.11 Å². The lowest BCUT2D eigenvalue weighted by molar-refractivity contribution is -0.273. The third kappa shape index (κ3) is 3.06. The van der Waals surface area contributed by atoms with Crippen LogP contribution >= 0.6 is 0 Å². The maximum atomic E-state index is 14.3. The average Bonchev–Trinajstić information content (AvgIpc) is 3.21. The molecule has 2 aromatic carbocycles.